The maximum absolute atomic E-state index is 13.6. The van der Waals surface area contributed by atoms with Crippen molar-refractivity contribution in [2.24, 2.45) is 0 Å². The van der Waals surface area contributed by atoms with Crippen LogP contribution in [0.2, 0.25) is 0 Å². The first-order valence-electron chi connectivity index (χ1n) is 7.18. The molecule has 8 heteroatoms. The highest BCUT2D eigenvalue weighted by molar-refractivity contribution is 7.92. The quantitative estimate of drug-likeness (QED) is 0.729. The van der Waals surface area contributed by atoms with E-state index in [0.29, 0.717) is 5.69 Å². The van der Waals surface area contributed by atoms with E-state index in [1.54, 1.807) is 6.07 Å². The number of carbonyl (C=O) groups is 1. The Labute approximate surface area is 143 Å². The van der Waals surface area contributed by atoms with Gasteiger partial charge in [-0.3, -0.25) is 9.52 Å². The molecule has 0 unspecified atom stereocenters. The lowest BCUT2D eigenvalue weighted by molar-refractivity contribution is 0.0996. The average molecular weight is 360 g/mol. The van der Waals surface area contributed by atoms with Crippen LogP contribution in [0, 0.1) is 5.82 Å². The van der Waals surface area contributed by atoms with E-state index in [2.05, 4.69) is 10.0 Å². The number of anilines is 2. The fourth-order valence-corrected chi connectivity index (χ4v) is 3.13. The van der Waals surface area contributed by atoms with Crippen LogP contribution in [0.1, 0.15) is 10.6 Å². The van der Waals surface area contributed by atoms with Gasteiger partial charge < -0.3 is 9.73 Å². The maximum atomic E-state index is 13.6. The van der Waals surface area contributed by atoms with E-state index in [1.807, 2.05) is 0 Å². The van der Waals surface area contributed by atoms with Crippen molar-refractivity contribution in [1.82, 2.24) is 0 Å². The molecule has 3 aromatic rings. The largest absolute Gasteiger partial charge is 0.459 e. The number of benzene rings is 2. The lowest BCUT2D eigenvalue weighted by atomic mass is 10.3. The summed E-state index contributed by atoms with van der Waals surface area (Å²) in [6.45, 7) is 0. The van der Waals surface area contributed by atoms with Gasteiger partial charge in [0.05, 0.1) is 16.8 Å². The Morgan fingerprint density at radius 3 is 2.32 bits per heavy atom. The predicted octanol–water partition coefficient (Wildman–Crippen LogP) is 3.47. The summed E-state index contributed by atoms with van der Waals surface area (Å²) < 4.78 is 45.3. The number of furan rings is 1. The van der Waals surface area contributed by atoms with Crippen molar-refractivity contribution in [1.29, 1.82) is 0 Å². The third-order valence-corrected chi connectivity index (χ3v) is 4.67. The van der Waals surface area contributed by atoms with Gasteiger partial charge in [-0.2, -0.15) is 0 Å². The van der Waals surface area contributed by atoms with Gasteiger partial charge in [0.1, 0.15) is 5.82 Å². The molecule has 6 nitrogen and oxygen atoms in total. The number of sulfonamides is 1. The van der Waals surface area contributed by atoms with Gasteiger partial charge in [0.25, 0.3) is 15.9 Å². The van der Waals surface area contributed by atoms with Gasteiger partial charge in [0.15, 0.2) is 5.76 Å². The van der Waals surface area contributed by atoms with Crippen LogP contribution in [0.3, 0.4) is 0 Å². The zero-order chi connectivity index (χ0) is 17.9. The monoisotopic (exact) mass is 360 g/mol. The molecule has 2 N–H and O–H groups in total. The third kappa shape index (κ3) is 3.86. The average Bonchev–Trinajstić information content (AvgIpc) is 3.12. The Kier molecular flexibility index (Phi) is 4.53. The molecule has 0 atom stereocenters. The van der Waals surface area contributed by atoms with Crippen LogP contribution < -0.4 is 10.0 Å². The number of hydrogen-bond donors (Lipinski definition) is 2. The normalized spacial score (nSPS) is 11.1. The van der Waals surface area contributed by atoms with Gasteiger partial charge in [-0.25, -0.2) is 12.8 Å². The standard InChI is InChI=1S/C17H13FN2O4S/c18-14-4-1-2-5-15(14)20-25(22,23)13-9-7-12(8-10-13)19-17(21)16-6-3-11-24-16/h1-11,20H,(H,19,21). The number of amides is 1. The Morgan fingerprint density at radius 2 is 1.68 bits per heavy atom. The number of halogens is 1. The molecule has 0 radical (unpaired) electrons. The van der Waals surface area contributed by atoms with E-state index in [4.69, 9.17) is 4.42 Å². The Bertz CT molecular complexity index is 984. The molecule has 0 saturated carbocycles. The van der Waals surface area contributed by atoms with Crippen LogP contribution in [0.25, 0.3) is 0 Å². The molecule has 0 bridgehead atoms. The Balaban J connectivity index is 1.75. The van der Waals surface area contributed by atoms with Crippen molar-refractivity contribution in [2.45, 2.75) is 4.90 Å². The summed E-state index contributed by atoms with van der Waals surface area (Å²) in [5, 5.41) is 2.57. The lowest BCUT2D eigenvalue weighted by Crippen LogP contribution is -2.14. The number of hydrogen-bond acceptors (Lipinski definition) is 4. The smallest absolute Gasteiger partial charge is 0.291 e. The molecule has 25 heavy (non-hydrogen) atoms. The van der Waals surface area contributed by atoms with Gasteiger partial charge in [0.2, 0.25) is 0 Å². The number of carbonyl (C=O) groups excluding carboxylic acids is 1. The third-order valence-electron chi connectivity index (χ3n) is 3.29. The highest BCUT2D eigenvalue weighted by Crippen LogP contribution is 2.20. The minimum atomic E-state index is -3.95. The van der Waals surface area contributed by atoms with Crippen molar-refractivity contribution in [3.63, 3.8) is 0 Å². The summed E-state index contributed by atoms with van der Waals surface area (Å²) in [5.41, 5.74) is 0.254. The van der Waals surface area contributed by atoms with Gasteiger partial charge in [0, 0.05) is 5.69 Å². The minimum absolute atomic E-state index is 0.0632. The zero-order valence-electron chi connectivity index (χ0n) is 12.8. The second-order valence-corrected chi connectivity index (χ2v) is 6.72. The first-order valence-corrected chi connectivity index (χ1v) is 8.66. The van der Waals surface area contributed by atoms with E-state index in [-0.39, 0.29) is 16.3 Å². The molecule has 1 aromatic heterocycles. The van der Waals surface area contributed by atoms with E-state index in [9.17, 15) is 17.6 Å². The molecule has 0 saturated heterocycles. The van der Waals surface area contributed by atoms with E-state index in [0.717, 1.165) is 6.07 Å². The van der Waals surface area contributed by atoms with Crippen LogP contribution >= 0.6 is 0 Å². The fourth-order valence-electron chi connectivity index (χ4n) is 2.07. The predicted molar refractivity (Wildman–Crippen MR) is 90.3 cm³/mol. The van der Waals surface area contributed by atoms with Crippen LogP contribution in [0.5, 0.6) is 0 Å². The zero-order valence-corrected chi connectivity index (χ0v) is 13.6. The van der Waals surface area contributed by atoms with E-state index >= 15 is 0 Å². The first kappa shape index (κ1) is 16.7. The summed E-state index contributed by atoms with van der Waals surface area (Å²) in [4.78, 5) is 11.8. The van der Waals surface area contributed by atoms with Crippen molar-refractivity contribution < 1.29 is 22.0 Å². The summed E-state index contributed by atoms with van der Waals surface area (Å²) in [6, 6.07) is 14.0. The van der Waals surface area contributed by atoms with Crippen LogP contribution in [0.15, 0.2) is 76.2 Å². The van der Waals surface area contributed by atoms with Crippen LogP contribution in [0.4, 0.5) is 15.8 Å². The highest BCUT2D eigenvalue weighted by Gasteiger charge is 2.16. The van der Waals surface area contributed by atoms with Crippen LogP contribution in [-0.4, -0.2) is 14.3 Å². The molecular weight excluding hydrogens is 347 g/mol. The van der Waals surface area contributed by atoms with Crippen molar-refractivity contribution in [3.8, 4) is 0 Å². The molecule has 3 rings (SSSR count). The summed E-state index contributed by atoms with van der Waals surface area (Å²) in [6.07, 6.45) is 1.37. The fraction of sp³-hybridized carbons (Fsp3) is 0. The Morgan fingerprint density at radius 1 is 0.960 bits per heavy atom. The molecule has 0 aliphatic rings. The Hall–Kier alpha value is -3.13. The van der Waals surface area contributed by atoms with Crippen molar-refractivity contribution in [3.05, 3.63) is 78.5 Å². The summed E-state index contributed by atoms with van der Waals surface area (Å²) in [7, 11) is -3.95. The molecular formula is C17H13FN2O4S. The number of rotatable bonds is 5. The summed E-state index contributed by atoms with van der Waals surface area (Å²) in [5.74, 6) is -0.989. The first-order chi connectivity index (χ1) is 12.0. The van der Waals surface area contributed by atoms with E-state index < -0.39 is 21.7 Å². The molecule has 128 valence electrons. The summed E-state index contributed by atoms with van der Waals surface area (Å²) >= 11 is 0. The van der Waals surface area contributed by atoms with E-state index in [1.165, 1.54) is 54.8 Å². The van der Waals surface area contributed by atoms with Crippen LogP contribution in [-0.2, 0) is 10.0 Å². The number of para-hydroxylation sites is 1. The molecule has 0 spiro atoms. The maximum Gasteiger partial charge on any atom is 0.291 e. The molecule has 0 aliphatic heterocycles. The number of nitrogens with one attached hydrogen (secondary N) is 2. The molecule has 1 heterocycles. The second kappa shape index (κ2) is 6.78. The van der Waals surface area contributed by atoms with Gasteiger partial charge in [-0.1, -0.05) is 12.1 Å². The highest BCUT2D eigenvalue weighted by atomic mass is 32.2. The molecule has 2 aromatic carbocycles. The van der Waals surface area contributed by atoms with Crippen molar-refractivity contribution in [2.75, 3.05) is 10.0 Å². The lowest BCUT2D eigenvalue weighted by Gasteiger charge is -2.09. The van der Waals surface area contributed by atoms with Gasteiger partial charge >= 0.3 is 0 Å². The molecule has 0 aliphatic carbocycles. The van der Waals surface area contributed by atoms with Gasteiger partial charge in [-0.05, 0) is 48.5 Å². The molecule has 0 fully saturated rings. The molecule has 1 amide bonds. The second-order valence-electron chi connectivity index (χ2n) is 5.04. The minimum Gasteiger partial charge on any atom is -0.459 e. The van der Waals surface area contributed by atoms with Gasteiger partial charge in [-0.15, -0.1) is 0 Å². The topological polar surface area (TPSA) is 88.4 Å². The SMILES string of the molecule is O=C(Nc1ccc(S(=O)(=O)Nc2ccccc2F)cc1)c1ccco1. The van der Waals surface area contributed by atoms with Crippen molar-refractivity contribution >= 4 is 27.3 Å².